The number of para-hydroxylation sites is 1. The highest BCUT2D eigenvalue weighted by molar-refractivity contribution is 5.95. The van der Waals surface area contributed by atoms with Gasteiger partial charge in [0, 0.05) is 30.6 Å². The summed E-state index contributed by atoms with van der Waals surface area (Å²) in [7, 11) is 1.68. The van der Waals surface area contributed by atoms with Gasteiger partial charge >= 0.3 is 12.1 Å². The number of aliphatic hydroxyl groups excluding tert-OH is 1. The Kier molecular flexibility index (Phi) is 6.20. The highest BCUT2D eigenvalue weighted by atomic mass is 16.6. The van der Waals surface area contributed by atoms with Crippen molar-refractivity contribution >= 4 is 35.3 Å². The molecule has 194 valence electrons. The van der Waals surface area contributed by atoms with Gasteiger partial charge in [-0.15, -0.1) is 0 Å². The van der Waals surface area contributed by atoms with Crippen LogP contribution in [0.5, 0.6) is 0 Å². The third-order valence-electron chi connectivity index (χ3n) is 6.18. The fourth-order valence-corrected chi connectivity index (χ4v) is 4.56. The molecule has 0 spiro atoms. The molecule has 12 nitrogen and oxygen atoms in total. The van der Waals surface area contributed by atoms with Crippen molar-refractivity contribution in [3.8, 4) is 0 Å². The van der Waals surface area contributed by atoms with Gasteiger partial charge in [-0.3, -0.25) is 14.5 Å². The smallest absolute Gasteiger partial charge is 0.414 e. The summed E-state index contributed by atoms with van der Waals surface area (Å²) >= 11 is 0. The van der Waals surface area contributed by atoms with Gasteiger partial charge in [-0.2, -0.15) is 10.1 Å². The highest BCUT2D eigenvalue weighted by Crippen LogP contribution is 2.42. The summed E-state index contributed by atoms with van der Waals surface area (Å²) in [5.41, 5.74) is 2.45. The van der Waals surface area contributed by atoms with Crippen LogP contribution in [-0.4, -0.2) is 67.7 Å². The van der Waals surface area contributed by atoms with E-state index >= 15 is 0 Å². The molecule has 37 heavy (non-hydrogen) atoms. The number of anilines is 4. The molecule has 0 aliphatic carbocycles. The van der Waals surface area contributed by atoms with Crippen molar-refractivity contribution in [1.82, 2.24) is 24.6 Å². The highest BCUT2D eigenvalue weighted by Gasteiger charge is 2.42. The number of ether oxygens (including phenoxy) is 1. The zero-order chi connectivity index (χ0) is 26.3. The normalized spacial score (nSPS) is 17.1. The van der Waals surface area contributed by atoms with Gasteiger partial charge in [-0.25, -0.2) is 14.6 Å². The summed E-state index contributed by atoms with van der Waals surface area (Å²) in [6, 6.07) is 7.01. The molecule has 2 N–H and O–H groups in total. The van der Waals surface area contributed by atoms with E-state index in [0.29, 0.717) is 37.1 Å². The van der Waals surface area contributed by atoms with E-state index in [4.69, 9.17) is 9.84 Å². The minimum atomic E-state index is -0.634. The molecule has 0 bridgehead atoms. The second-order valence-electron chi connectivity index (χ2n) is 10.0. The molecule has 2 aromatic heterocycles. The van der Waals surface area contributed by atoms with Gasteiger partial charge in [0.05, 0.1) is 49.9 Å². The topological polar surface area (TPSA) is 129 Å². The maximum Gasteiger partial charge on any atom is 0.414 e. The van der Waals surface area contributed by atoms with E-state index in [2.05, 4.69) is 20.4 Å². The van der Waals surface area contributed by atoms with Crippen LogP contribution in [0.15, 0.2) is 42.9 Å². The Morgan fingerprint density at radius 2 is 2.03 bits per heavy atom. The van der Waals surface area contributed by atoms with Crippen molar-refractivity contribution in [2.45, 2.75) is 45.5 Å². The molecule has 0 fully saturated rings. The first kappa shape index (κ1) is 24.5. The van der Waals surface area contributed by atoms with Gasteiger partial charge in [0.15, 0.2) is 0 Å². The predicted molar refractivity (Wildman–Crippen MR) is 137 cm³/mol. The number of carbonyl (C=O) groups is 2. The number of benzene rings is 1. The summed E-state index contributed by atoms with van der Waals surface area (Å²) in [6.45, 7) is 6.45. The molecular formula is C25H30N8O4. The van der Waals surface area contributed by atoms with E-state index in [1.807, 2.05) is 45.0 Å². The third kappa shape index (κ3) is 4.79. The molecule has 5 rings (SSSR count). The predicted octanol–water partition coefficient (Wildman–Crippen LogP) is 3.28. The van der Waals surface area contributed by atoms with E-state index in [9.17, 15) is 9.59 Å². The van der Waals surface area contributed by atoms with Crippen LogP contribution in [0, 0.1) is 0 Å². The van der Waals surface area contributed by atoms with Crippen molar-refractivity contribution in [2.24, 2.45) is 0 Å². The molecule has 3 amide bonds. The largest absolute Gasteiger partial charge is 0.443 e. The maximum atomic E-state index is 13.5. The Bertz CT molecular complexity index is 1330. The molecule has 3 aromatic rings. The van der Waals surface area contributed by atoms with E-state index in [1.54, 1.807) is 40.1 Å². The molecule has 2 aliphatic rings. The minimum absolute atomic E-state index is 0.0130. The Balaban J connectivity index is 1.38. The van der Waals surface area contributed by atoms with Crippen molar-refractivity contribution in [2.75, 3.05) is 35.3 Å². The van der Waals surface area contributed by atoms with Gasteiger partial charge < -0.3 is 20.1 Å². The number of rotatable bonds is 5. The lowest BCUT2D eigenvalue weighted by atomic mass is 10.1. The van der Waals surface area contributed by atoms with Crippen LogP contribution in [0.25, 0.3) is 0 Å². The van der Waals surface area contributed by atoms with Gasteiger partial charge in [0.2, 0.25) is 5.95 Å². The zero-order valence-electron chi connectivity index (χ0n) is 21.2. The van der Waals surface area contributed by atoms with Crippen LogP contribution < -0.4 is 15.1 Å². The molecule has 0 saturated heterocycles. The molecule has 1 unspecified atom stereocenters. The van der Waals surface area contributed by atoms with Gasteiger partial charge in [-0.1, -0.05) is 18.2 Å². The van der Waals surface area contributed by atoms with E-state index < -0.39 is 11.7 Å². The molecular weight excluding hydrogens is 476 g/mol. The molecule has 0 saturated carbocycles. The number of carbonyl (C=O) groups excluding carboxylic acids is 2. The molecule has 2 aliphatic heterocycles. The van der Waals surface area contributed by atoms with Gasteiger partial charge in [0.25, 0.3) is 0 Å². The van der Waals surface area contributed by atoms with E-state index in [-0.39, 0.29) is 18.7 Å². The summed E-state index contributed by atoms with van der Waals surface area (Å²) in [5.74, 6) is 0.842. The van der Waals surface area contributed by atoms with Crippen LogP contribution in [0.3, 0.4) is 0 Å². The molecule has 0 radical (unpaired) electrons. The van der Waals surface area contributed by atoms with E-state index in [0.717, 1.165) is 16.8 Å². The lowest BCUT2D eigenvalue weighted by molar-refractivity contribution is 0.0576. The number of aromatic nitrogens is 4. The zero-order valence-corrected chi connectivity index (χ0v) is 21.2. The average molecular weight is 507 g/mol. The second-order valence-corrected chi connectivity index (χ2v) is 10.0. The fourth-order valence-electron chi connectivity index (χ4n) is 4.56. The number of amides is 3. The molecule has 4 heterocycles. The number of nitrogens with zero attached hydrogens (tertiary/aromatic N) is 7. The lowest BCUT2D eigenvalue weighted by Gasteiger charge is -2.37. The molecule has 12 heteroatoms. The van der Waals surface area contributed by atoms with Crippen molar-refractivity contribution in [3.05, 3.63) is 54.0 Å². The van der Waals surface area contributed by atoms with Crippen molar-refractivity contribution < 1.29 is 19.4 Å². The summed E-state index contributed by atoms with van der Waals surface area (Å²) in [6.07, 6.45) is 4.61. The standard InChI is InChI=1S/C25H30N8O4/c1-25(2,3)37-24(36)33-15-20(18-7-5-6-8-19(18)33)32-13-16-11-26-22(29-21(16)30(4)23(32)35)28-17-12-27-31(14-17)9-10-34/h5-8,11-12,14,20,34H,9-10,13,15H2,1-4H3,(H,26,28,29). The first-order valence-corrected chi connectivity index (χ1v) is 12.0. The Morgan fingerprint density at radius 1 is 1.24 bits per heavy atom. The first-order chi connectivity index (χ1) is 17.6. The van der Waals surface area contributed by atoms with Crippen LogP contribution in [0.1, 0.15) is 37.9 Å². The van der Waals surface area contributed by atoms with Crippen LogP contribution in [-0.2, 0) is 17.8 Å². The van der Waals surface area contributed by atoms with E-state index in [1.165, 1.54) is 4.90 Å². The van der Waals surface area contributed by atoms with Gasteiger partial charge in [-0.05, 0) is 26.8 Å². The van der Waals surface area contributed by atoms with Gasteiger partial charge in [0.1, 0.15) is 11.4 Å². The molecule has 1 atom stereocenters. The summed E-state index contributed by atoms with van der Waals surface area (Å²) in [4.78, 5) is 40.3. The monoisotopic (exact) mass is 506 g/mol. The van der Waals surface area contributed by atoms with Crippen molar-refractivity contribution in [1.29, 1.82) is 0 Å². The maximum absolute atomic E-state index is 13.5. The number of hydrogen-bond donors (Lipinski definition) is 2. The molecule has 1 aromatic carbocycles. The number of aliphatic hydroxyl groups is 1. The summed E-state index contributed by atoms with van der Waals surface area (Å²) < 4.78 is 7.23. The Labute approximate surface area is 214 Å². The van der Waals surface area contributed by atoms with Crippen LogP contribution in [0.4, 0.5) is 32.7 Å². The first-order valence-electron chi connectivity index (χ1n) is 12.0. The fraction of sp³-hybridized carbons (Fsp3) is 0.400. The summed E-state index contributed by atoms with van der Waals surface area (Å²) in [5, 5.41) is 16.3. The average Bonchev–Trinajstić information content (AvgIpc) is 3.45. The van der Waals surface area contributed by atoms with Crippen molar-refractivity contribution in [3.63, 3.8) is 0 Å². The Morgan fingerprint density at radius 3 is 2.78 bits per heavy atom. The van der Waals surface area contributed by atoms with Crippen LogP contribution >= 0.6 is 0 Å². The Hall–Kier alpha value is -4.19. The lowest BCUT2D eigenvalue weighted by Crippen LogP contribution is -2.48. The SMILES string of the molecule is CN1C(=O)N(C2CN(C(=O)OC(C)(C)C)c3ccccc32)Cc2cnc(Nc3cnn(CCO)c3)nc21. The second kappa shape index (κ2) is 9.36. The third-order valence-corrected chi connectivity index (χ3v) is 6.18. The minimum Gasteiger partial charge on any atom is -0.443 e. The number of hydrogen-bond acceptors (Lipinski definition) is 8. The number of urea groups is 1. The van der Waals surface area contributed by atoms with Crippen LogP contribution in [0.2, 0.25) is 0 Å². The number of nitrogens with one attached hydrogen (secondary N) is 1. The number of fused-ring (bicyclic) bond motifs is 2. The quantitative estimate of drug-likeness (QED) is 0.540.